The molecule has 1 unspecified atom stereocenters. The largest absolute Gasteiger partial charge is 0.396 e. The standard InChI is InChI=1S/2C2H6OS/c1-2(3)4;3-1-2-4/h2-4H,1H3;3-4H,1-2H2. The van der Waals surface area contributed by atoms with E-state index < -0.39 is 5.44 Å². The molecule has 0 aliphatic rings. The van der Waals surface area contributed by atoms with Crippen molar-refractivity contribution in [3.8, 4) is 0 Å². The molecule has 0 radical (unpaired) electrons. The molecule has 0 rings (SSSR count). The topological polar surface area (TPSA) is 40.5 Å². The van der Waals surface area contributed by atoms with Crippen molar-refractivity contribution in [3.05, 3.63) is 0 Å². The van der Waals surface area contributed by atoms with Gasteiger partial charge in [0, 0.05) is 5.75 Å². The minimum Gasteiger partial charge on any atom is -0.396 e. The van der Waals surface area contributed by atoms with E-state index in [2.05, 4.69) is 25.3 Å². The summed E-state index contributed by atoms with van der Waals surface area (Å²) >= 11 is 7.19. The minimum atomic E-state index is -0.472. The predicted molar refractivity (Wildman–Crippen MR) is 41.6 cm³/mol. The lowest BCUT2D eigenvalue weighted by Gasteiger charge is -1.79. The number of rotatable bonds is 1. The highest BCUT2D eigenvalue weighted by Gasteiger charge is 1.70. The SMILES string of the molecule is CC(O)S.OCCS. The molecule has 0 fully saturated rings. The molecule has 0 saturated heterocycles. The lowest BCUT2D eigenvalue weighted by molar-refractivity contribution is 0.286. The Balaban J connectivity index is 0. The molecule has 8 heavy (non-hydrogen) atoms. The van der Waals surface area contributed by atoms with Gasteiger partial charge in [0.25, 0.3) is 0 Å². The van der Waals surface area contributed by atoms with Crippen LogP contribution in [-0.2, 0) is 0 Å². The third-order valence-electron chi connectivity index (χ3n) is 0.1000. The Morgan fingerprint density at radius 1 is 1.62 bits per heavy atom. The molecule has 0 aromatic rings. The maximum atomic E-state index is 7.92. The van der Waals surface area contributed by atoms with E-state index in [0.29, 0.717) is 5.75 Å². The molecule has 1 atom stereocenters. The monoisotopic (exact) mass is 156 g/mol. The van der Waals surface area contributed by atoms with Gasteiger partial charge in [-0.05, 0) is 6.92 Å². The molecule has 4 heteroatoms. The Hall–Kier alpha value is 0.620. The van der Waals surface area contributed by atoms with Crippen LogP contribution in [0, 0.1) is 0 Å². The summed E-state index contributed by atoms with van der Waals surface area (Å²) in [4.78, 5) is 0. The summed E-state index contributed by atoms with van der Waals surface area (Å²) in [5.74, 6) is 0.569. The molecule has 0 aromatic heterocycles. The first-order chi connectivity index (χ1) is 3.65. The first-order valence-electron chi connectivity index (χ1n) is 2.23. The molecule has 2 nitrogen and oxygen atoms in total. The van der Waals surface area contributed by atoms with Crippen LogP contribution >= 0.6 is 25.3 Å². The number of aliphatic hydroxyl groups is 2. The van der Waals surface area contributed by atoms with E-state index in [9.17, 15) is 0 Å². The average molecular weight is 156 g/mol. The van der Waals surface area contributed by atoms with Crippen LogP contribution in [0.1, 0.15) is 6.92 Å². The maximum Gasteiger partial charge on any atom is 0.0936 e. The fraction of sp³-hybridized carbons (Fsp3) is 1.00. The van der Waals surface area contributed by atoms with Crippen molar-refractivity contribution in [2.24, 2.45) is 0 Å². The first-order valence-corrected chi connectivity index (χ1v) is 3.38. The van der Waals surface area contributed by atoms with Crippen LogP contribution < -0.4 is 0 Å². The van der Waals surface area contributed by atoms with Crippen molar-refractivity contribution >= 4 is 25.3 Å². The number of thiol groups is 2. The zero-order valence-electron chi connectivity index (χ0n) is 4.78. The van der Waals surface area contributed by atoms with Crippen molar-refractivity contribution < 1.29 is 10.2 Å². The fourth-order valence-corrected chi connectivity index (χ4v) is 0. The van der Waals surface area contributed by atoms with E-state index in [1.165, 1.54) is 0 Å². The first kappa shape index (κ1) is 11.4. The molecule has 0 saturated carbocycles. The molecule has 0 aromatic carbocycles. The molecule has 0 bridgehead atoms. The van der Waals surface area contributed by atoms with Crippen LogP contribution in [0.15, 0.2) is 0 Å². The van der Waals surface area contributed by atoms with Gasteiger partial charge in [-0.3, -0.25) is 0 Å². The molecule has 0 aliphatic heterocycles. The average Bonchev–Trinajstić information content (AvgIpc) is 1.65. The molecule has 0 heterocycles. The minimum absolute atomic E-state index is 0.184. The van der Waals surface area contributed by atoms with E-state index in [1.54, 1.807) is 6.92 Å². The summed E-state index contributed by atoms with van der Waals surface area (Å²) < 4.78 is 0. The summed E-state index contributed by atoms with van der Waals surface area (Å²) in [6.45, 7) is 1.77. The molecular weight excluding hydrogens is 144 g/mol. The lowest BCUT2D eigenvalue weighted by atomic mass is 10.9. The summed E-state index contributed by atoms with van der Waals surface area (Å²) in [5.41, 5.74) is -0.472. The molecule has 2 N–H and O–H groups in total. The molecule has 0 spiro atoms. The Labute approximate surface area is 60.7 Å². The number of hydrogen-bond donors (Lipinski definition) is 4. The summed E-state index contributed by atoms with van der Waals surface area (Å²) in [5, 5.41) is 15.7. The van der Waals surface area contributed by atoms with E-state index >= 15 is 0 Å². The molecule has 0 amide bonds. The van der Waals surface area contributed by atoms with Crippen LogP contribution in [0.3, 0.4) is 0 Å². The van der Waals surface area contributed by atoms with Gasteiger partial charge in [0.2, 0.25) is 0 Å². The Kier molecular flexibility index (Phi) is 15.1. The smallest absolute Gasteiger partial charge is 0.0936 e. The van der Waals surface area contributed by atoms with E-state index in [4.69, 9.17) is 10.2 Å². The van der Waals surface area contributed by atoms with Crippen molar-refractivity contribution in [2.75, 3.05) is 12.4 Å². The summed E-state index contributed by atoms with van der Waals surface area (Å²) in [6, 6.07) is 0. The Morgan fingerprint density at radius 2 is 1.75 bits per heavy atom. The Morgan fingerprint density at radius 3 is 1.75 bits per heavy atom. The fourth-order valence-electron chi connectivity index (χ4n) is 0. The van der Waals surface area contributed by atoms with Gasteiger partial charge in [0.05, 0.1) is 12.0 Å². The lowest BCUT2D eigenvalue weighted by Crippen LogP contribution is -1.79. The van der Waals surface area contributed by atoms with Gasteiger partial charge < -0.3 is 10.2 Å². The van der Waals surface area contributed by atoms with Crippen LogP contribution in [0.2, 0.25) is 0 Å². The van der Waals surface area contributed by atoms with E-state index in [-0.39, 0.29) is 6.61 Å². The zero-order chi connectivity index (χ0) is 6.99. The summed E-state index contributed by atoms with van der Waals surface area (Å²) in [6.07, 6.45) is 0. The number of aliphatic hydroxyl groups excluding tert-OH is 2. The zero-order valence-corrected chi connectivity index (χ0v) is 6.57. The van der Waals surface area contributed by atoms with E-state index in [1.807, 2.05) is 0 Å². The van der Waals surface area contributed by atoms with Crippen molar-refractivity contribution in [1.29, 1.82) is 0 Å². The van der Waals surface area contributed by atoms with Crippen molar-refractivity contribution in [1.82, 2.24) is 0 Å². The van der Waals surface area contributed by atoms with Gasteiger partial charge in [-0.2, -0.15) is 12.6 Å². The maximum absolute atomic E-state index is 7.92. The highest BCUT2D eigenvalue weighted by Crippen LogP contribution is 1.78. The van der Waals surface area contributed by atoms with Crippen LogP contribution in [0.4, 0.5) is 0 Å². The molecular formula is C4H12O2S2. The third-order valence-corrected chi connectivity index (χ3v) is 0.300. The van der Waals surface area contributed by atoms with Gasteiger partial charge in [-0.25, -0.2) is 0 Å². The normalized spacial score (nSPS) is 11.6. The Bertz CT molecular complexity index is 28.5. The highest BCUT2D eigenvalue weighted by molar-refractivity contribution is 7.80. The van der Waals surface area contributed by atoms with Gasteiger partial charge in [0.15, 0.2) is 0 Å². The van der Waals surface area contributed by atoms with Gasteiger partial charge in [-0.1, -0.05) is 0 Å². The van der Waals surface area contributed by atoms with Gasteiger partial charge in [0.1, 0.15) is 0 Å². The molecule has 0 aliphatic carbocycles. The quantitative estimate of drug-likeness (QED) is 0.323. The molecule has 52 valence electrons. The predicted octanol–water partition coefficient (Wildman–Crippen LogP) is 0.163. The van der Waals surface area contributed by atoms with Crippen LogP contribution in [0.5, 0.6) is 0 Å². The van der Waals surface area contributed by atoms with Crippen molar-refractivity contribution in [2.45, 2.75) is 12.4 Å². The van der Waals surface area contributed by atoms with Crippen LogP contribution in [-0.4, -0.2) is 28.0 Å². The van der Waals surface area contributed by atoms with Crippen molar-refractivity contribution in [3.63, 3.8) is 0 Å². The summed E-state index contributed by atoms with van der Waals surface area (Å²) in [7, 11) is 0. The third kappa shape index (κ3) is 79.7. The van der Waals surface area contributed by atoms with Gasteiger partial charge in [-0.15, -0.1) is 12.6 Å². The van der Waals surface area contributed by atoms with Gasteiger partial charge >= 0.3 is 0 Å². The highest BCUT2D eigenvalue weighted by atomic mass is 32.1. The second kappa shape index (κ2) is 10.6. The van der Waals surface area contributed by atoms with E-state index in [0.717, 1.165) is 0 Å². The number of hydrogen-bond acceptors (Lipinski definition) is 4. The second-order valence-corrected chi connectivity index (χ2v) is 2.27. The van der Waals surface area contributed by atoms with Crippen LogP contribution in [0.25, 0.3) is 0 Å². The second-order valence-electron chi connectivity index (χ2n) is 1.08.